The van der Waals surface area contributed by atoms with Gasteiger partial charge in [-0.3, -0.25) is 0 Å². The topological polar surface area (TPSA) is 52.5 Å². The van der Waals surface area contributed by atoms with Crippen LogP contribution in [0.2, 0.25) is 0 Å². The molecule has 0 saturated heterocycles. The van der Waals surface area contributed by atoms with Gasteiger partial charge in [0.15, 0.2) is 4.73 Å². The van der Waals surface area contributed by atoms with E-state index in [1.54, 1.807) is 0 Å². The molecular weight excluding hydrogens is 170 g/mol. The number of hydrogen-bond acceptors (Lipinski definition) is 2. The molecule has 0 aliphatic rings. The summed E-state index contributed by atoms with van der Waals surface area (Å²) in [6.07, 6.45) is 1.46. The van der Waals surface area contributed by atoms with Crippen LogP contribution in [0.4, 0.5) is 0 Å². The zero-order valence-electron chi connectivity index (χ0n) is 3.85. The van der Waals surface area contributed by atoms with E-state index in [0.717, 1.165) is 0 Å². The van der Waals surface area contributed by atoms with Gasteiger partial charge in [0.1, 0.15) is 11.8 Å². The molecule has 0 radical (unpaired) electrons. The van der Waals surface area contributed by atoms with Crippen LogP contribution in [0.25, 0.3) is 0 Å². The number of rotatable bonds is 0. The van der Waals surface area contributed by atoms with Crippen molar-refractivity contribution >= 4 is 15.9 Å². The molecule has 0 spiro atoms. The molecule has 1 aromatic rings. The molecule has 4 heteroatoms. The Hall–Kier alpha value is -0.820. The summed E-state index contributed by atoms with van der Waals surface area (Å²) in [6.45, 7) is 0. The van der Waals surface area contributed by atoms with Crippen molar-refractivity contribution in [3.05, 3.63) is 16.6 Å². The van der Waals surface area contributed by atoms with Gasteiger partial charge in [-0.1, -0.05) is 0 Å². The second-order valence-electron chi connectivity index (χ2n) is 1.20. The second kappa shape index (κ2) is 1.97. The lowest BCUT2D eigenvalue weighted by molar-refractivity contribution is 1.23. The number of nitrogens with zero attached hydrogens (tertiary/aromatic N) is 2. The van der Waals surface area contributed by atoms with E-state index in [0.29, 0.717) is 10.4 Å². The van der Waals surface area contributed by atoms with Gasteiger partial charge in [-0.15, -0.1) is 0 Å². The van der Waals surface area contributed by atoms with E-state index in [1.807, 2.05) is 6.07 Å². The van der Waals surface area contributed by atoms with Crippen LogP contribution in [0.5, 0.6) is 0 Å². The molecule has 0 aromatic carbocycles. The first kappa shape index (κ1) is 5.32. The maximum Gasteiger partial charge on any atom is 0.175 e. The Kier molecular flexibility index (Phi) is 1.31. The van der Waals surface area contributed by atoms with Crippen molar-refractivity contribution in [3.8, 4) is 6.07 Å². The third-order valence-electron chi connectivity index (χ3n) is 0.665. The maximum absolute atomic E-state index is 8.21. The van der Waals surface area contributed by atoms with Crippen LogP contribution < -0.4 is 0 Å². The third-order valence-corrected chi connectivity index (χ3v) is 1.07. The Morgan fingerprint density at radius 1 is 1.88 bits per heavy atom. The Morgan fingerprint density at radius 3 is 2.88 bits per heavy atom. The van der Waals surface area contributed by atoms with Gasteiger partial charge in [0.25, 0.3) is 0 Å². The number of H-pyrrole nitrogens is 1. The smallest absolute Gasteiger partial charge is 0.175 e. The third kappa shape index (κ3) is 0.873. The monoisotopic (exact) mass is 171 g/mol. The normalized spacial score (nSPS) is 8.50. The summed E-state index contributed by atoms with van der Waals surface area (Å²) in [4.78, 5) is 6.40. The molecule has 0 aliphatic heterocycles. The van der Waals surface area contributed by atoms with Gasteiger partial charge in [0.2, 0.25) is 0 Å². The zero-order valence-corrected chi connectivity index (χ0v) is 5.44. The SMILES string of the molecule is N#Cc1cnc(Br)[nH]1. The molecular formula is C4H2BrN3. The van der Waals surface area contributed by atoms with Gasteiger partial charge < -0.3 is 4.98 Å². The van der Waals surface area contributed by atoms with E-state index in [1.165, 1.54) is 6.20 Å². The highest BCUT2D eigenvalue weighted by Crippen LogP contribution is 2.01. The second-order valence-corrected chi connectivity index (χ2v) is 1.95. The van der Waals surface area contributed by atoms with Crippen LogP contribution >= 0.6 is 15.9 Å². The van der Waals surface area contributed by atoms with Crippen LogP contribution in [0.3, 0.4) is 0 Å². The van der Waals surface area contributed by atoms with E-state index >= 15 is 0 Å². The molecule has 1 N–H and O–H groups in total. The molecule has 0 atom stereocenters. The highest BCUT2D eigenvalue weighted by molar-refractivity contribution is 9.10. The van der Waals surface area contributed by atoms with Crippen LogP contribution in [0.1, 0.15) is 5.69 Å². The zero-order chi connectivity index (χ0) is 5.98. The highest BCUT2D eigenvalue weighted by Gasteiger charge is 1.91. The Bertz CT molecular complexity index is 221. The van der Waals surface area contributed by atoms with Gasteiger partial charge >= 0.3 is 0 Å². The van der Waals surface area contributed by atoms with E-state index in [2.05, 4.69) is 25.9 Å². The van der Waals surface area contributed by atoms with Crippen molar-refractivity contribution in [1.82, 2.24) is 9.97 Å². The number of aromatic amines is 1. The van der Waals surface area contributed by atoms with Crippen molar-refractivity contribution in [1.29, 1.82) is 5.26 Å². The highest BCUT2D eigenvalue weighted by atomic mass is 79.9. The van der Waals surface area contributed by atoms with Crippen LogP contribution in [-0.2, 0) is 0 Å². The minimum atomic E-state index is 0.469. The molecule has 0 fully saturated rings. The number of halogens is 1. The van der Waals surface area contributed by atoms with Crippen LogP contribution in [0.15, 0.2) is 10.9 Å². The van der Waals surface area contributed by atoms with Crippen molar-refractivity contribution in [3.63, 3.8) is 0 Å². The van der Waals surface area contributed by atoms with E-state index < -0.39 is 0 Å². The van der Waals surface area contributed by atoms with Gasteiger partial charge in [0.05, 0.1) is 6.20 Å². The fourth-order valence-electron chi connectivity index (χ4n) is 0.354. The average Bonchev–Trinajstić information content (AvgIpc) is 2.14. The Labute approximate surface area is 54.5 Å². The van der Waals surface area contributed by atoms with E-state index in [4.69, 9.17) is 5.26 Å². The molecule has 8 heavy (non-hydrogen) atoms. The summed E-state index contributed by atoms with van der Waals surface area (Å²) in [5.41, 5.74) is 0.469. The summed E-state index contributed by atoms with van der Waals surface area (Å²) in [5.74, 6) is 0. The molecule has 1 rings (SSSR count). The molecule has 1 heterocycles. The molecule has 40 valence electrons. The Balaban J connectivity index is 3.05. The molecule has 0 unspecified atom stereocenters. The lowest BCUT2D eigenvalue weighted by atomic mass is 10.6. The number of nitrogens with one attached hydrogen (secondary N) is 1. The first-order chi connectivity index (χ1) is 3.83. The standard InChI is InChI=1S/C4H2BrN3/c5-4-7-2-3(1-6)8-4/h2H,(H,7,8). The largest absolute Gasteiger partial charge is 0.324 e. The van der Waals surface area contributed by atoms with E-state index in [9.17, 15) is 0 Å². The van der Waals surface area contributed by atoms with Gasteiger partial charge in [0, 0.05) is 0 Å². The maximum atomic E-state index is 8.21. The lowest BCUT2D eigenvalue weighted by Gasteiger charge is -1.70. The fraction of sp³-hybridized carbons (Fsp3) is 0. The number of hydrogen-bond donors (Lipinski definition) is 1. The van der Waals surface area contributed by atoms with E-state index in [-0.39, 0.29) is 0 Å². The molecule has 0 aliphatic carbocycles. The predicted octanol–water partition coefficient (Wildman–Crippen LogP) is 1.04. The van der Waals surface area contributed by atoms with Gasteiger partial charge in [-0.05, 0) is 15.9 Å². The minimum absolute atomic E-state index is 0.469. The van der Waals surface area contributed by atoms with Crippen LogP contribution in [0, 0.1) is 11.3 Å². The summed E-state index contributed by atoms with van der Waals surface area (Å²) in [5, 5.41) is 8.21. The minimum Gasteiger partial charge on any atom is -0.324 e. The summed E-state index contributed by atoms with van der Waals surface area (Å²) < 4.78 is 0.592. The number of aromatic nitrogens is 2. The first-order valence-electron chi connectivity index (χ1n) is 1.93. The van der Waals surface area contributed by atoms with Gasteiger partial charge in [-0.2, -0.15) is 5.26 Å². The van der Waals surface area contributed by atoms with Crippen molar-refractivity contribution in [2.75, 3.05) is 0 Å². The Morgan fingerprint density at radius 2 is 2.62 bits per heavy atom. The first-order valence-corrected chi connectivity index (χ1v) is 2.73. The summed E-state index contributed by atoms with van der Waals surface area (Å²) in [7, 11) is 0. The van der Waals surface area contributed by atoms with Crippen molar-refractivity contribution in [2.24, 2.45) is 0 Å². The molecule has 0 amide bonds. The number of imidazole rings is 1. The molecule has 0 bridgehead atoms. The summed E-state index contributed by atoms with van der Waals surface area (Å²) in [6, 6.07) is 1.90. The molecule has 3 nitrogen and oxygen atoms in total. The summed E-state index contributed by atoms with van der Waals surface area (Å²) >= 11 is 3.06. The fourth-order valence-corrected chi connectivity index (χ4v) is 0.670. The lowest BCUT2D eigenvalue weighted by Crippen LogP contribution is -1.67. The van der Waals surface area contributed by atoms with Crippen molar-refractivity contribution < 1.29 is 0 Å². The molecule has 1 aromatic heterocycles. The van der Waals surface area contributed by atoms with Crippen LogP contribution in [-0.4, -0.2) is 9.97 Å². The van der Waals surface area contributed by atoms with Gasteiger partial charge in [-0.25, -0.2) is 4.98 Å². The average molecular weight is 172 g/mol. The van der Waals surface area contributed by atoms with Crippen molar-refractivity contribution in [2.45, 2.75) is 0 Å². The number of nitriles is 1. The quantitative estimate of drug-likeness (QED) is 0.635. The molecule has 0 saturated carbocycles. The predicted molar refractivity (Wildman–Crippen MR) is 31.0 cm³/mol.